The van der Waals surface area contributed by atoms with Crippen LogP contribution in [0.15, 0.2) is 182 Å². The Morgan fingerprint density at radius 2 is 0.523 bits per heavy atom. The van der Waals surface area contributed by atoms with Gasteiger partial charge in [-0.1, -0.05) is 121 Å². The molecule has 0 atom stereocenters. The molecule has 0 saturated heterocycles. The molecular formula is C36H30O6Si2. The zero-order valence-electron chi connectivity index (χ0n) is 23.8. The van der Waals surface area contributed by atoms with Crippen LogP contribution in [0.25, 0.3) is 0 Å². The van der Waals surface area contributed by atoms with Gasteiger partial charge >= 0.3 is 17.9 Å². The molecule has 6 nitrogen and oxygen atoms in total. The van der Waals surface area contributed by atoms with E-state index in [4.69, 9.17) is 26.2 Å². The van der Waals surface area contributed by atoms with Crippen molar-refractivity contribution in [3.8, 4) is 28.7 Å². The van der Waals surface area contributed by atoms with Gasteiger partial charge in [0.05, 0.1) is 0 Å². The topological polar surface area (TPSA) is 55.4 Å². The van der Waals surface area contributed by atoms with Gasteiger partial charge in [0.15, 0.2) is 0 Å². The average Bonchev–Trinajstić information content (AvgIpc) is 3.07. The fourth-order valence-electron chi connectivity index (χ4n) is 4.36. The Morgan fingerprint density at radius 1 is 0.273 bits per heavy atom. The highest BCUT2D eigenvalue weighted by molar-refractivity contribution is 6.83. The standard InChI is InChI=1S/C36H30O6Si2/c1-7-19-31(20-8-1)37-43(36-29-17-6-18-30-36,38-32-21-9-2-10-22-32)42-44(39-33-23-11-3-12-24-33,40-34-25-13-4-14-26-34)41-35-27-15-5-16-28-35/h1-30H. The maximum Gasteiger partial charge on any atom is 0.887 e. The number of hydrogen-bond donors (Lipinski definition) is 0. The molecule has 0 aliphatic heterocycles. The summed E-state index contributed by atoms with van der Waals surface area (Å²) < 4.78 is 41.0. The summed E-state index contributed by atoms with van der Waals surface area (Å²) in [6, 6.07) is 56.5. The van der Waals surface area contributed by atoms with E-state index in [9.17, 15) is 0 Å². The Labute approximate surface area is 259 Å². The molecule has 6 rings (SSSR count). The molecule has 0 aliphatic carbocycles. The van der Waals surface area contributed by atoms with Gasteiger partial charge in [-0.2, -0.15) is 0 Å². The van der Waals surface area contributed by atoms with Gasteiger partial charge in [0.25, 0.3) is 0 Å². The Balaban J connectivity index is 1.56. The van der Waals surface area contributed by atoms with Crippen LogP contribution in [-0.2, 0) is 4.12 Å². The van der Waals surface area contributed by atoms with Gasteiger partial charge in [-0.3, -0.25) is 4.12 Å². The van der Waals surface area contributed by atoms with E-state index in [0.717, 1.165) is 0 Å². The predicted octanol–water partition coefficient (Wildman–Crippen LogP) is 7.68. The van der Waals surface area contributed by atoms with E-state index < -0.39 is 17.9 Å². The van der Waals surface area contributed by atoms with Crippen molar-refractivity contribution in [1.82, 2.24) is 0 Å². The van der Waals surface area contributed by atoms with E-state index in [2.05, 4.69) is 0 Å². The molecule has 0 fully saturated rings. The third-order valence-corrected chi connectivity index (χ3v) is 11.9. The molecule has 0 aliphatic rings. The van der Waals surface area contributed by atoms with Crippen LogP contribution < -0.4 is 27.3 Å². The molecule has 0 saturated carbocycles. The highest BCUT2D eigenvalue weighted by Gasteiger charge is 2.67. The number of rotatable bonds is 13. The molecule has 218 valence electrons. The van der Waals surface area contributed by atoms with Gasteiger partial charge in [-0.05, 0) is 60.7 Å². The molecule has 0 radical (unpaired) electrons. The van der Waals surface area contributed by atoms with Crippen LogP contribution >= 0.6 is 0 Å². The molecule has 0 aromatic heterocycles. The monoisotopic (exact) mass is 614 g/mol. The number of para-hydroxylation sites is 5. The third kappa shape index (κ3) is 7.37. The molecule has 0 spiro atoms. The van der Waals surface area contributed by atoms with E-state index in [1.807, 2.05) is 182 Å². The van der Waals surface area contributed by atoms with Crippen LogP contribution in [0.1, 0.15) is 0 Å². The van der Waals surface area contributed by atoms with Crippen molar-refractivity contribution in [3.63, 3.8) is 0 Å². The van der Waals surface area contributed by atoms with Gasteiger partial charge in [0.2, 0.25) is 0 Å². The quantitative estimate of drug-likeness (QED) is 0.124. The first-order valence-electron chi connectivity index (χ1n) is 14.2. The van der Waals surface area contributed by atoms with Crippen molar-refractivity contribution in [2.24, 2.45) is 0 Å². The maximum atomic E-state index is 7.20. The van der Waals surface area contributed by atoms with Crippen molar-refractivity contribution in [2.75, 3.05) is 0 Å². The smallest absolute Gasteiger partial charge is 0.489 e. The van der Waals surface area contributed by atoms with Crippen LogP contribution in [0.3, 0.4) is 0 Å². The molecule has 0 N–H and O–H groups in total. The molecule has 0 heterocycles. The van der Waals surface area contributed by atoms with Gasteiger partial charge in [-0.25, -0.2) is 0 Å². The maximum absolute atomic E-state index is 7.20. The Morgan fingerprint density at radius 3 is 0.818 bits per heavy atom. The fourth-order valence-corrected chi connectivity index (χ4v) is 10.1. The van der Waals surface area contributed by atoms with Gasteiger partial charge in [0.1, 0.15) is 28.7 Å². The third-order valence-electron chi connectivity index (χ3n) is 6.34. The zero-order valence-corrected chi connectivity index (χ0v) is 25.8. The van der Waals surface area contributed by atoms with Gasteiger partial charge in [-0.15, -0.1) is 0 Å². The summed E-state index contributed by atoms with van der Waals surface area (Å²) >= 11 is 0. The molecule has 0 bridgehead atoms. The predicted molar refractivity (Wildman–Crippen MR) is 174 cm³/mol. The van der Waals surface area contributed by atoms with E-state index in [-0.39, 0.29) is 0 Å². The van der Waals surface area contributed by atoms with E-state index in [1.165, 1.54) is 0 Å². The average molecular weight is 615 g/mol. The van der Waals surface area contributed by atoms with Crippen LogP contribution in [0, 0.1) is 0 Å². The largest absolute Gasteiger partial charge is 0.887 e. The lowest BCUT2D eigenvalue weighted by Crippen LogP contribution is -2.72. The van der Waals surface area contributed by atoms with E-state index >= 15 is 0 Å². The first-order valence-corrected chi connectivity index (χ1v) is 17.5. The Bertz CT molecular complexity index is 1550. The second-order valence-corrected chi connectivity index (χ2v) is 14.1. The highest BCUT2D eigenvalue weighted by Crippen LogP contribution is 2.30. The molecule has 6 aromatic rings. The second-order valence-electron chi connectivity index (χ2n) is 9.60. The summed E-state index contributed by atoms with van der Waals surface area (Å²) in [6.07, 6.45) is 0. The first-order chi connectivity index (χ1) is 21.7. The van der Waals surface area contributed by atoms with E-state index in [0.29, 0.717) is 33.9 Å². The molecule has 6 aromatic carbocycles. The van der Waals surface area contributed by atoms with Crippen molar-refractivity contribution in [1.29, 1.82) is 0 Å². The minimum atomic E-state index is -4.33. The Hall–Kier alpha value is -5.29. The molecule has 8 heteroatoms. The van der Waals surface area contributed by atoms with Gasteiger partial charge < -0.3 is 22.1 Å². The Kier molecular flexibility index (Phi) is 9.03. The van der Waals surface area contributed by atoms with Crippen molar-refractivity contribution < 1.29 is 26.2 Å². The molecule has 44 heavy (non-hydrogen) atoms. The normalized spacial score (nSPS) is 11.3. The van der Waals surface area contributed by atoms with Crippen LogP contribution in [0.4, 0.5) is 0 Å². The van der Waals surface area contributed by atoms with Crippen molar-refractivity contribution in [2.45, 2.75) is 0 Å². The van der Waals surface area contributed by atoms with Crippen LogP contribution in [0.2, 0.25) is 0 Å². The fraction of sp³-hybridized carbons (Fsp3) is 0. The minimum absolute atomic E-state index is 0.501. The lowest BCUT2D eigenvalue weighted by Gasteiger charge is -2.36. The minimum Gasteiger partial charge on any atom is -0.489 e. The molecule has 0 amide bonds. The number of benzene rings is 6. The summed E-state index contributed by atoms with van der Waals surface area (Å²) in [5.41, 5.74) is 0. The van der Waals surface area contributed by atoms with Crippen molar-refractivity contribution >= 4 is 23.0 Å². The van der Waals surface area contributed by atoms with Crippen LogP contribution in [-0.4, -0.2) is 17.9 Å². The molecule has 0 unspecified atom stereocenters. The molecular weight excluding hydrogens is 585 g/mol. The van der Waals surface area contributed by atoms with Gasteiger partial charge in [0, 0.05) is 5.19 Å². The van der Waals surface area contributed by atoms with Crippen LogP contribution in [0.5, 0.6) is 28.7 Å². The summed E-state index contributed by atoms with van der Waals surface area (Å²) in [6.45, 7) is 0. The highest BCUT2D eigenvalue weighted by atomic mass is 28.5. The first kappa shape index (κ1) is 28.8. The zero-order chi connectivity index (χ0) is 29.9. The summed E-state index contributed by atoms with van der Waals surface area (Å²) in [7, 11) is -8.40. The summed E-state index contributed by atoms with van der Waals surface area (Å²) in [4.78, 5) is 0. The lowest BCUT2D eigenvalue weighted by molar-refractivity contribution is 0.122. The number of hydrogen-bond acceptors (Lipinski definition) is 6. The lowest BCUT2D eigenvalue weighted by atomic mass is 10.3. The second kappa shape index (κ2) is 13.8. The van der Waals surface area contributed by atoms with E-state index in [1.54, 1.807) is 0 Å². The summed E-state index contributed by atoms with van der Waals surface area (Å²) in [5, 5.41) is 0.689. The van der Waals surface area contributed by atoms with Crippen molar-refractivity contribution in [3.05, 3.63) is 182 Å². The summed E-state index contributed by atoms with van der Waals surface area (Å²) in [5.74, 6) is 2.62. The SMILES string of the molecule is c1ccc(O[Si](Oc2ccccc2)(Oc2ccccc2)O[Si](Oc2ccccc2)(Oc2ccccc2)c2ccccc2)cc1.